The number of aromatic nitrogens is 1. The van der Waals surface area contributed by atoms with E-state index in [0.717, 1.165) is 24.5 Å². The Hall–Kier alpha value is -3.56. The number of alkyl carbamates (subject to hydrolysis) is 1. The Morgan fingerprint density at radius 3 is 2.46 bits per heavy atom. The number of nitrogens with zero attached hydrogens (tertiary/aromatic N) is 1. The number of carbonyl (C=O) groups excluding carboxylic acids is 2. The lowest BCUT2D eigenvalue weighted by atomic mass is 10.0. The monoisotopic (exact) mass is 487 g/mol. The summed E-state index contributed by atoms with van der Waals surface area (Å²) in [5.74, 6) is -0.605. The van der Waals surface area contributed by atoms with Gasteiger partial charge in [-0.05, 0) is 71.1 Å². The van der Waals surface area contributed by atoms with E-state index in [2.05, 4.69) is 20.9 Å². The fraction of sp³-hybridized carbons (Fsp3) is 0.480. The third-order valence-electron chi connectivity index (χ3n) is 5.63. The summed E-state index contributed by atoms with van der Waals surface area (Å²) in [5, 5.41) is 8.99. The Bertz CT molecular complexity index is 1100. The van der Waals surface area contributed by atoms with Gasteiger partial charge in [-0.2, -0.15) is 0 Å². The predicted molar refractivity (Wildman–Crippen MR) is 133 cm³/mol. The number of amides is 2. The lowest BCUT2D eigenvalue weighted by molar-refractivity contribution is 0.0501. The largest absolute Gasteiger partial charge is 0.496 e. The molecule has 1 heterocycles. The number of halogens is 1. The van der Waals surface area contributed by atoms with Crippen LogP contribution in [0.5, 0.6) is 5.75 Å². The highest BCUT2D eigenvalue weighted by molar-refractivity contribution is 5.98. The Morgan fingerprint density at radius 2 is 1.89 bits per heavy atom. The molecule has 1 saturated carbocycles. The van der Waals surface area contributed by atoms with E-state index in [1.54, 1.807) is 40.0 Å². The summed E-state index contributed by atoms with van der Waals surface area (Å²) >= 11 is 0. The number of methoxy groups -OCH3 is 1. The van der Waals surface area contributed by atoms with Gasteiger partial charge in [0.15, 0.2) is 11.6 Å². The highest BCUT2D eigenvalue weighted by atomic mass is 19.1. The van der Waals surface area contributed by atoms with Gasteiger partial charge >= 0.3 is 6.09 Å². The highest BCUT2D eigenvalue weighted by Crippen LogP contribution is 2.36. The number of anilines is 3. The van der Waals surface area contributed by atoms with E-state index in [9.17, 15) is 9.59 Å². The molecule has 5 N–H and O–H groups in total. The second kappa shape index (κ2) is 10.4. The summed E-state index contributed by atoms with van der Waals surface area (Å²) in [6.07, 6.45) is 1.33. The smallest absolute Gasteiger partial charge is 0.407 e. The molecule has 1 aromatic heterocycles. The first-order chi connectivity index (χ1) is 16.4. The molecule has 1 aliphatic rings. The molecule has 0 saturated heterocycles. The number of carbonyl (C=O) groups is 2. The first kappa shape index (κ1) is 26.1. The molecule has 0 unspecified atom stereocenters. The summed E-state index contributed by atoms with van der Waals surface area (Å²) in [6.45, 7) is 9.08. The van der Waals surface area contributed by atoms with E-state index in [-0.39, 0.29) is 35.2 Å². The van der Waals surface area contributed by atoms with Crippen LogP contribution in [-0.2, 0) is 4.74 Å². The molecular weight excluding hydrogens is 453 g/mol. The molecule has 2 aromatic rings. The first-order valence-corrected chi connectivity index (χ1v) is 11.6. The molecule has 190 valence electrons. The summed E-state index contributed by atoms with van der Waals surface area (Å²) in [6, 6.07) is 5.78. The van der Waals surface area contributed by atoms with E-state index in [4.69, 9.17) is 15.2 Å². The molecule has 1 aromatic carbocycles. The molecule has 2 amide bonds. The Morgan fingerprint density at radius 1 is 1.20 bits per heavy atom. The van der Waals surface area contributed by atoms with Crippen LogP contribution >= 0.6 is 0 Å². The van der Waals surface area contributed by atoms with Crippen LogP contribution in [0.15, 0.2) is 24.3 Å². The average Bonchev–Trinajstić information content (AvgIpc) is 3.58. The quantitative estimate of drug-likeness (QED) is 0.410. The van der Waals surface area contributed by atoms with E-state index in [1.165, 1.54) is 0 Å². The van der Waals surface area contributed by atoms with E-state index in [0.29, 0.717) is 11.4 Å². The maximum Gasteiger partial charge on any atom is 0.407 e. The number of hydrogen-bond donors (Lipinski definition) is 4. The van der Waals surface area contributed by atoms with Crippen molar-refractivity contribution in [1.29, 1.82) is 0 Å². The zero-order chi connectivity index (χ0) is 25.9. The maximum absolute atomic E-state index is 15.0. The van der Waals surface area contributed by atoms with Gasteiger partial charge in [-0.25, -0.2) is 14.2 Å². The van der Waals surface area contributed by atoms with Gasteiger partial charge in [0.1, 0.15) is 17.2 Å². The van der Waals surface area contributed by atoms with Crippen molar-refractivity contribution in [2.24, 2.45) is 11.7 Å². The van der Waals surface area contributed by atoms with Crippen LogP contribution < -0.4 is 26.4 Å². The van der Waals surface area contributed by atoms with Gasteiger partial charge in [0.2, 0.25) is 0 Å². The molecule has 0 bridgehead atoms. The van der Waals surface area contributed by atoms with Crippen molar-refractivity contribution in [2.45, 2.75) is 65.1 Å². The van der Waals surface area contributed by atoms with Crippen molar-refractivity contribution in [3.05, 3.63) is 41.2 Å². The van der Waals surface area contributed by atoms with Crippen LogP contribution in [0.2, 0.25) is 0 Å². The number of benzene rings is 1. The van der Waals surface area contributed by atoms with Gasteiger partial charge < -0.3 is 31.2 Å². The zero-order valence-corrected chi connectivity index (χ0v) is 21.0. The average molecular weight is 488 g/mol. The molecule has 2 atom stereocenters. The molecule has 10 heteroatoms. The summed E-state index contributed by atoms with van der Waals surface area (Å²) in [4.78, 5) is 28.6. The third kappa shape index (κ3) is 6.97. The van der Waals surface area contributed by atoms with Crippen molar-refractivity contribution >= 4 is 29.3 Å². The molecule has 35 heavy (non-hydrogen) atoms. The van der Waals surface area contributed by atoms with Crippen molar-refractivity contribution in [3.63, 3.8) is 0 Å². The van der Waals surface area contributed by atoms with Gasteiger partial charge in [0.05, 0.1) is 18.7 Å². The van der Waals surface area contributed by atoms with Gasteiger partial charge in [0, 0.05) is 17.8 Å². The SMILES string of the molecule is COc1cc(Nc2nc(N[C@H](C3CC3)[C@H](C)NC(=O)OC(C)(C)C)c(F)cc2C(N)=O)ccc1C. The van der Waals surface area contributed by atoms with Crippen LogP contribution in [0.4, 0.5) is 26.5 Å². The van der Waals surface area contributed by atoms with Crippen molar-refractivity contribution in [2.75, 3.05) is 17.7 Å². The van der Waals surface area contributed by atoms with Gasteiger partial charge in [-0.15, -0.1) is 0 Å². The van der Waals surface area contributed by atoms with E-state index >= 15 is 4.39 Å². The maximum atomic E-state index is 15.0. The topological polar surface area (TPSA) is 128 Å². The van der Waals surface area contributed by atoms with E-state index in [1.807, 2.05) is 19.9 Å². The number of nitrogens with two attached hydrogens (primary N) is 1. The molecule has 0 radical (unpaired) electrons. The minimum Gasteiger partial charge on any atom is -0.496 e. The number of aryl methyl sites for hydroxylation is 1. The van der Waals surface area contributed by atoms with E-state index < -0.39 is 23.4 Å². The second-order valence-electron chi connectivity index (χ2n) is 9.83. The molecule has 1 aliphatic carbocycles. The fourth-order valence-corrected chi connectivity index (χ4v) is 3.76. The molecular formula is C25H34FN5O4. The Balaban J connectivity index is 1.86. The molecule has 3 rings (SSSR count). The lowest BCUT2D eigenvalue weighted by Crippen LogP contribution is -2.47. The van der Waals surface area contributed by atoms with Crippen LogP contribution in [0.3, 0.4) is 0 Å². The lowest BCUT2D eigenvalue weighted by Gasteiger charge is -2.28. The van der Waals surface area contributed by atoms with Gasteiger partial charge in [-0.1, -0.05) is 6.07 Å². The predicted octanol–water partition coefficient (Wildman–Crippen LogP) is 4.48. The summed E-state index contributed by atoms with van der Waals surface area (Å²) < 4.78 is 25.7. The summed E-state index contributed by atoms with van der Waals surface area (Å²) in [7, 11) is 1.56. The molecule has 1 fully saturated rings. The van der Waals surface area contributed by atoms with Crippen molar-refractivity contribution in [1.82, 2.24) is 10.3 Å². The number of primary amides is 1. The summed E-state index contributed by atoms with van der Waals surface area (Å²) in [5.41, 5.74) is 6.29. The Labute approximate surface area is 205 Å². The van der Waals surface area contributed by atoms with Crippen LogP contribution in [0, 0.1) is 18.7 Å². The third-order valence-corrected chi connectivity index (χ3v) is 5.63. The molecule has 0 spiro atoms. The number of rotatable bonds is 9. The van der Waals surface area contributed by atoms with Crippen LogP contribution in [0.25, 0.3) is 0 Å². The number of hydrogen-bond acceptors (Lipinski definition) is 7. The van der Waals surface area contributed by atoms with Crippen LogP contribution in [0.1, 0.15) is 56.5 Å². The van der Waals surface area contributed by atoms with Crippen LogP contribution in [-0.4, -0.2) is 41.8 Å². The fourth-order valence-electron chi connectivity index (χ4n) is 3.76. The number of nitrogens with one attached hydrogen (secondary N) is 3. The van der Waals surface area contributed by atoms with Gasteiger partial charge in [0.25, 0.3) is 5.91 Å². The standard InChI is InChI=1S/C25H34FN5O4/c1-13-7-10-16(11-19(13)34-6)29-22-17(21(27)32)12-18(26)23(31-22)30-20(15-8-9-15)14(2)28-24(33)35-25(3,4)5/h7,10-12,14-15,20H,8-9H2,1-6H3,(H2,27,32)(H,28,33)(H2,29,30,31)/t14-,20-/m0/s1. The minimum absolute atomic E-state index is 0.0497. The Kier molecular flexibility index (Phi) is 7.72. The zero-order valence-electron chi connectivity index (χ0n) is 21.0. The first-order valence-electron chi connectivity index (χ1n) is 11.6. The second-order valence-corrected chi connectivity index (χ2v) is 9.83. The van der Waals surface area contributed by atoms with Gasteiger partial charge in [-0.3, -0.25) is 4.79 Å². The minimum atomic E-state index is -0.816. The number of ether oxygens (including phenoxy) is 2. The normalized spacial score (nSPS) is 15.1. The number of pyridine rings is 1. The van der Waals surface area contributed by atoms with Crippen molar-refractivity contribution in [3.8, 4) is 5.75 Å². The highest BCUT2D eigenvalue weighted by Gasteiger charge is 2.37. The molecule has 9 nitrogen and oxygen atoms in total. The van der Waals surface area contributed by atoms with Crippen molar-refractivity contribution < 1.29 is 23.5 Å². The molecule has 0 aliphatic heterocycles.